The van der Waals surface area contributed by atoms with Gasteiger partial charge in [-0.2, -0.15) is 0 Å². The van der Waals surface area contributed by atoms with Crippen LogP contribution in [0.5, 0.6) is 0 Å². The summed E-state index contributed by atoms with van der Waals surface area (Å²) in [5, 5.41) is -0.0504. The van der Waals surface area contributed by atoms with E-state index >= 15 is 0 Å². The van der Waals surface area contributed by atoms with Gasteiger partial charge in [-0.1, -0.05) is 67.7 Å². The number of rotatable bonds is 9. The summed E-state index contributed by atoms with van der Waals surface area (Å²) < 4.78 is 5.21. The highest BCUT2D eigenvalue weighted by Gasteiger charge is 2.26. The molecule has 0 fully saturated rings. The molecule has 0 amide bonds. The van der Waals surface area contributed by atoms with Crippen molar-refractivity contribution < 1.29 is 9.53 Å². The predicted molar refractivity (Wildman–Crippen MR) is 113 cm³/mol. The molecule has 0 N–H and O–H groups in total. The van der Waals surface area contributed by atoms with E-state index in [-0.39, 0.29) is 22.0 Å². The zero-order chi connectivity index (χ0) is 18.9. The molecule has 1 atom stereocenters. The summed E-state index contributed by atoms with van der Waals surface area (Å²) in [5.41, 5.74) is -0.0856. The second-order valence-corrected chi connectivity index (χ2v) is 8.47. The Balaban J connectivity index is 1.88. The van der Waals surface area contributed by atoms with Crippen molar-refractivity contribution in [3.63, 3.8) is 0 Å². The van der Waals surface area contributed by atoms with Crippen LogP contribution in [0.1, 0.15) is 46.5 Å². The Morgan fingerprint density at radius 3 is 2.46 bits per heavy atom. The molecule has 0 radical (unpaired) electrons. The number of thioether (sulfide) groups is 1. The Bertz CT molecular complexity index is 582. The first kappa shape index (κ1) is 20.8. The lowest BCUT2D eigenvalue weighted by atomic mass is 9.74. The summed E-state index contributed by atoms with van der Waals surface area (Å²) in [6, 6.07) is 0. The van der Waals surface area contributed by atoms with Crippen LogP contribution >= 0.6 is 11.8 Å². The molecule has 2 aliphatic carbocycles. The number of esters is 1. The third-order valence-corrected chi connectivity index (χ3v) is 6.17. The fourth-order valence-corrected chi connectivity index (χ4v) is 4.15. The Kier molecular flexibility index (Phi) is 8.02. The summed E-state index contributed by atoms with van der Waals surface area (Å²) >= 11 is 1.72. The maximum absolute atomic E-state index is 12.1. The summed E-state index contributed by atoms with van der Waals surface area (Å²) in [4.78, 5) is 12.1. The van der Waals surface area contributed by atoms with Crippen molar-refractivity contribution in [1.82, 2.24) is 0 Å². The molecular formula is C23H32O2S. The van der Waals surface area contributed by atoms with Crippen LogP contribution in [0.4, 0.5) is 0 Å². The first-order valence-electron chi connectivity index (χ1n) is 9.74. The van der Waals surface area contributed by atoms with E-state index in [1.807, 2.05) is 6.92 Å². The van der Waals surface area contributed by atoms with E-state index in [1.54, 1.807) is 11.8 Å². The van der Waals surface area contributed by atoms with Gasteiger partial charge in [0.1, 0.15) is 5.25 Å². The first-order chi connectivity index (χ1) is 12.5. The van der Waals surface area contributed by atoms with Crippen LogP contribution in [0.15, 0.2) is 60.8 Å². The molecule has 0 bridgehead atoms. The Morgan fingerprint density at radius 2 is 1.85 bits per heavy atom. The lowest BCUT2D eigenvalue weighted by Gasteiger charge is -2.30. The van der Waals surface area contributed by atoms with E-state index in [0.29, 0.717) is 6.61 Å². The zero-order valence-corrected chi connectivity index (χ0v) is 17.1. The van der Waals surface area contributed by atoms with Crippen LogP contribution in [-0.4, -0.2) is 23.6 Å². The lowest BCUT2D eigenvalue weighted by molar-refractivity contribution is -0.142. The summed E-state index contributed by atoms with van der Waals surface area (Å²) in [6.45, 7) is 6.68. The molecule has 0 aromatic heterocycles. The molecular weight excluding hydrogens is 340 g/mol. The highest BCUT2D eigenvalue weighted by Crippen LogP contribution is 2.38. The standard InChI is InChI=1S/C23H32O2S/c1-4-19-26-20(21(24)25-5-2)11-7-10-12-22(3)15-17-23(18-16-22)13-8-6-9-14-23/h8-10,12-18,20H,4-7,11,19H2,1-3H3/b12-10-. The van der Waals surface area contributed by atoms with Crippen LogP contribution in [0.25, 0.3) is 0 Å². The number of hydrogen-bond donors (Lipinski definition) is 0. The molecule has 1 spiro atoms. The molecule has 1 unspecified atom stereocenters. The Morgan fingerprint density at radius 1 is 1.15 bits per heavy atom. The molecule has 0 heterocycles. The van der Waals surface area contributed by atoms with E-state index in [0.717, 1.165) is 31.4 Å². The molecule has 142 valence electrons. The number of allylic oxidation sites excluding steroid dienone is 10. The molecule has 0 aromatic carbocycles. The fraction of sp³-hybridized carbons (Fsp3) is 0.522. The van der Waals surface area contributed by atoms with Crippen molar-refractivity contribution in [2.75, 3.05) is 12.4 Å². The van der Waals surface area contributed by atoms with Gasteiger partial charge in [-0.3, -0.25) is 4.79 Å². The van der Waals surface area contributed by atoms with E-state index in [4.69, 9.17) is 4.74 Å². The third-order valence-electron chi connectivity index (χ3n) is 4.69. The Hall–Kier alpha value is -1.48. The predicted octanol–water partition coefficient (Wildman–Crippen LogP) is 6.03. The van der Waals surface area contributed by atoms with Crippen molar-refractivity contribution in [3.05, 3.63) is 60.8 Å². The summed E-state index contributed by atoms with van der Waals surface area (Å²) in [5.74, 6) is 0.931. The lowest BCUT2D eigenvalue weighted by Crippen LogP contribution is -2.21. The van der Waals surface area contributed by atoms with Crippen molar-refractivity contribution in [2.45, 2.75) is 51.7 Å². The molecule has 2 nitrogen and oxygen atoms in total. The number of hydrogen-bond acceptors (Lipinski definition) is 3. The topological polar surface area (TPSA) is 26.3 Å². The SMILES string of the molecule is CCCSC(CC/C=C\C1(C)C=CC2(C=CCC=C2)C=C1)C(=O)OCC. The summed E-state index contributed by atoms with van der Waals surface area (Å²) in [7, 11) is 0. The van der Waals surface area contributed by atoms with Crippen LogP contribution in [0.3, 0.4) is 0 Å². The average Bonchev–Trinajstić information content (AvgIpc) is 2.65. The highest BCUT2D eigenvalue weighted by atomic mass is 32.2. The maximum Gasteiger partial charge on any atom is 0.319 e. The minimum absolute atomic E-state index is 0.0304. The molecule has 0 aromatic rings. The van der Waals surface area contributed by atoms with Gasteiger partial charge in [-0.05, 0) is 45.3 Å². The number of ether oxygens (including phenoxy) is 1. The quantitative estimate of drug-likeness (QED) is 0.365. The van der Waals surface area contributed by atoms with E-state index < -0.39 is 0 Å². The van der Waals surface area contributed by atoms with Gasteiger partial charge in [0.25, 0.3) is 0 Å². The normalized spacial score (nSPS) is 20.7. The van der Waals surface area contributed by atoms with Crippen molar-refractivity contribution in [2.24, 2.45) is 10.8 Å². The van der Waals surface area contributed by atoms with Gasteiger partial charge in [0.15, 0.2) is 0 Å². The van der Waals surface area contributed by atoms with E-state index in [9.17, 15) is 4.79 Å². The first-order valence-corrected chi connectivity index (χ1v) is 10.8. The molecule has 3 heteroatoms. The molecule has 0 saturated heterocycles. The second-order valence-electron chi connectivity index (χ2n) is 7.16. The average molecular weight is 373 g/mol. The van der Waals surface area contributed by atoms with Crippen LogP contribution < -0.4 is 0 Å². The van der Waals surface area contributed by atoms with Gasteiger partial charge in [0.2, 0.25) is 0 Å². The molecule has 26 heavy (non-hydrogen) atoms. The summed E-state index contributed by atoms with van der Waals surface area (Å²) in [6.07, 6.45) is 26.4. The molecule has 2 rings (SSSR count). The maximum atomic E-state index is 12.1. The number of carbonyl (C=O) groups is 1. The van der Waals surface area contributed by atoms with Crippen LogP contribution in [-0.2, 0) is 9.53 Å². The Labute approximate surface area is 163 Å². The van der Waals surface area contributed by atoms with Crippen molar-refractivity contribution >= 4 is 17.7 Å². The van der Waals surface area contributed by atoms with Gasteiger partial charge in [-0.15, -0.1) is 11.8 Å². The van der Waals surface area contributed by atoms with Crippen molar-refractivity contribution in [1.29, 1.82) is 0 Å². The molecule has 0 saturated carbocycles. The minimum atomic E-state index is -0.0687. The zero-order valence-electron chi connectivity index (χ0n) is 16.3. The van der Waals surface area contributed by atoms with Crippen molar-refractivity contribution in [3.8, 4) is 0 Å². The van der Waals surface area contributed by atoms with Gasteiger partial charge in [-0.25, -0.2) is 0 Å². The minimum Gasteiger partial charge on any atom is -0.465 e. The molecule has 2 aliphatic rings. The smallest absolute Gasteiger partial charge is 0.319 e. The molecule has 0 aliphatic heterocycles. The van der Waals surface area contributed by atoms with Gasteiger partial charge in [0.05, 0.1) is 6.61 Å². The van der Waals surface area contributed by atoms with Gasteiger partial charge >= 0.3 is 5.97 Å². The highest BCUT2D eigenvalue weighted by molar-refractivity contribution is 8.00. The van der Waals surface area contributed by atoms with Gasteiger partial charge < -0.3 is 4.74 Å². The number of carbonyl (C=O) groups excluding carboxylic acids is 1. The van der Waals surface area contributed by atoms with Crippen LogP contribution in [0, 0.1) is 10.8 Å². The van der Waals surface area contributed by atoms with E-state index in [1.165, 1.54) is 0 Å². The van der Waals surface area contributed by atoms with E-state index in [2.05, 4.69) is 74.6 Å². The van der Waals surface area contributed by atoms with Gasteiger partial charge in [0, 0.05) is 10.8 Å². The third kappa shape index (κ3) is 6.05. The fourth-order valence-electron chi connectivity index (χ4n) is 3.12. The monoisotopic (exact) mass is 372 g/mol. The second kappa shape index (κ2) is 10.0. The largest absolute Gasteiger partial charge is 0.465 e. The van der Waals surface area contributed by atoms with Crippen LogP contribution in [0.2, 0.25) is 0 Å².